The summed E-state index contributed by atoms with van der Waals surface area (Å²) < 4.78 is 10.4. The Morgan fingerprint density at radius 3 is 2.49 bits per heavy atom. The standard InChI is InChI=1S/C26H32N2O6S/c1-6-33-26(32)22-19-8-7-14(2)12-20(19)35-25(22)28-23(30)17(5)34-21(29)13-27-24(31)18-10-15(3)9-16(4)11-18/h9-11,14,17H,6-8,12-13H2,1-5H3,(H,27,31)(H,28,30)/t14-,17-/m0/s1. The number of carbonyl (C=O) groups is 4. The van der Waals surface area contributed by atoms with Crippen LogP contribution in [0.15, 0.2) is 18.2 Å². The highest BCUT2D eigenvalue weighted by atomic mass is 32.1. The van der Waals surface area contributed by atoms with Crippen LogP contribution >= 0.6 is 11.3 Å². The molecule has 1 aliphatic carbocycles. The van der Waals surface area contributed by atoms with Crippen LogP contribution in [0.3, 0.4) is 0 Å². The summed E-state index contributed by atoms with van der Waals surface area (Å²) in [4.78, 5) is 51.1. The van der Waals surface area contributed by atoms with E-state index >= 15 is 0 Å². The maximum atomic E-state index is 12.8. The Hall–Kier alpha value is -3.20. The Bertz CT molecular complexity index is 1120. The maximum Gasteiger partial charge on any atom is 0.341 e. The van der Waals surface area contributed by atoms with Gasteiger partial charge in [-0.1, -0.05) is 24.1 Å². The molecule has 188 valence electrons. The van der Waals surface area contributed by atoms with E-state index in [2.05, 4.69) is 17.6 Å². The van der Waals surface area contributed by atoms with Gasteiger partial charge in [0.25, 0.3) is 11.8 Å². The van der Waals surface area contributed by atoms with Crippen molar-refractivity contribution < 1.29 is 28.7 Å². The number of esters is 2. The average molecular weight is 501 g/mol. The molecule has 0 spiro atoms. The van der Waals surface area contributed by atoms with Crippen LogP contribution in [-0.2, 0) is 31.9 Å². The Balaban J connectivity index is 1.61. The molecular weight excluding hydrogens is 468 g/mol. The number of hydrogen-bond acceptors (Lipinski definition) is 7. The fourth-order valence-corrected chi connectivity index (χ4v) is 5.53. The van der Waals surface area contributed by atoms with Crippen molar-refractivity contribution in [2.24, 2.45) is 5.92 Å². The van der Waals surface area contributed by atoms with Crippen molar-refractivity contribution in [3.05, 3.63) is 50.9 Å². The summed E-state index contributed by atoms with van der Waals surface area (Å²) in [6, 6.07) is 5.40. The van der Waals surface area contributed by atoms with Crippen molar-refractivity contribution in [3.8, 4) is 0 Å². The zero-order valence-corrected chi connectivity index (χ0v) is 21.6. The molecule has 0 aliphatic heterocycles. The van der Waals surface area contributed by atoms with E-state index < -0.39 is 29.9 Å². The van der Waals surface area contributed by atoms with Crippen LogP contribution in [0.1, 0.15) is 69.5 Å². The minimum absolute atomic E-state index is 0.231. The van der Waals surface area contributed by atoms with Crippen molar-refractivity contribution >= 4 is 40.1 Å². The van der Waals surface area contributed by atoms with Crippen molar-refractivity contribution in [3.63, 3.8) is 0 Å². The second kappa shape index (κ2) is 11.5. The Labute approximate surface area is 209 Å². The van der Waals surface area contributed by atoms with Gasteiger partial charge in [0.05, 0.1) is 12.2 Å². The molecule has 0 radical (unpaired) electrons. The summed E-state index contributed by atoms with van der Waals surface area (Å²) in [6.07, 6.45) is 1.44. The smallest absolute Gasteiger partial charge is 0.341 e. The summed E-state index contributed by atoms with van der Waals surface area (Å²) in [5.74, 6) is -1.66. The third-order valence-corrected chi connectivity index (χ3v) is 6.95. The molecule has 2 N–H and O–H groups in total. The van der Waals surface area contributed by atoms with Gasteiger partial charge >= 0.3 is 11.9 Å². The van der Waals surface area contributed by atoms with E-state index in [1.165, 1.54) is 18.3 Å². The predicted octanol–water partition coefficient (Wildman–Crippen LogP) is 3.97. The summed E-state index contributed by atoms with van der Waals surface area (Å²) in [6.45, 7) is 8.96. The second-order valence-electron chi connectivity index (χ2n) is 8.96. The Morgan fingerprint density at radius 2 is 1.83 bits per heavy atom. The monoisotopic (exact) mass is 500 g/mol. The lowest BCUT2D eigenvalue weighted by atomic mass is 9.88. The van der Waals surface area contributed by atoms with E-state index in [4.69, 9.17) is 9.47 Å². The van der Waals surface area contributed by atoms with Crippen LogP contribution in [0.2, 0.25) is 0 Å². The highest BCUT2D eigenvalue weighted by Gasteiger charge is 2.30. The van der Waals surface area contributed by atoms with E-state index in [1.807, 2.05) is 19.9 Å². The average Bonchev–Trinajstić information content (AvgIpc) is 3.13. The van der Waals surface area contributed by atoms with Gasteiger partial charge in [-0.15, -0.1) is 11.3 Å². The number of amides is 2. The lowest BCUT2D eigenvalue weighted by molar-refractivity contribution is -0.152. The summed E-state index contributed by atoms with van der Waals surface area (Å²) in [7, 11) is 0. The van der Waals surface area contributed by atoms with Gasteiger partial charge in [-0.05, 0) is 70.6 Å². The SMILES string of the molecule is CCOC(=O)c1c(NC(=O)[C@H](C)OC(=O)CNC(=O)c2cc(C)cc(C)c2)sc2c1CC[C@H](C)C2. The molecule has 35 heavy (non-hydrogen) atoms. The minimum atomic E-state index is -1.12. The normalized spacial score (nSPS) is 15.5. The molecule has 0 saturated carbocycles. The highest BCUT2D eigenvalue weighted by Crippen LogP contribution is 2.40. The number of ether oxygens (including phenoxy) is 2. The lowest BCUT2D eigenvalue weighted by Gasteiger charge is -2.18. The number of thiophene rings is 1. The number of fused-ring (bicyclic) bond motifs is 1. The van der Waals surface area contributed by atoms with Gasteiger partial charge in [-0.2, -0.15) is 0 Å². The van der Waals surface area contributed by atoms with Crippen molar-refractivity contribution in [1.29, 1.82) is 0 Å². The lowest BCUT2D eigenvalue weighted by Crippen LogP contribution is -2.36. The minimum Gasteiger partial charge on any atom is -0.462 e. The quantitative estimate of drug-likeness (QED) is 0.531. The van der Waals surface area contributed by atoms with Crippen molar-refractivity contribution in [2.45, 2.75) is 60.0 Å². The van der Waals surface area contributed by atoms with Crippen LogP contribution in [0.4, 0.5) is 5.00 Å². The largest absolute Gasteiger partial charge is 0.462 e. The van der Waals surface area contributed by atoms with Gasteiger partial charge in [0, 0.05) is 10.4 Å². The Morgan fingerprint density at radius 1 is 1.14 bits per heavy atom. The van der Waals surface area contributed by atoms with E-state index in [-0.39, 0.29) is 13.2 Å². The van der Waals surface area contributed by atoms with Gasteiger partial charge in [-0.25, -0.2) is 4.79 Å². The van der Waals surface area contributed by atoms with Crippen LogP contribution in [0, 0.1) is 19.8 Å². The molecule has 1 heterocycles. The van der Waals surface area contributed by atoms with Gasteiger partial charge in [0.1, 0.15) is 11.5 Å². The molecule has 0 bridgehead atoms. The van der Waals surface area contributed by atoms with E-state index in [9.17, 15) is 19.2 Å². The Kier molecular flexibility index (Phi) is 8.67. The molecule has 8 nitrogen and oxygen atoms in total. The molecule has 9 heteroatoms. The first-order valence-electron chi connectivity index (χ1n) is 11.8. The zero-order valence-electron chi connectivity index (χ0n) is 20.8. The molecule has 0 unspecified atom stereocenters. The number of nitrogens with one attached hydrogen (secondary N) is 2. The number of benzene rings is 1. The van der Waals surface area contributed by atoms with E-state index in [0.717, 1.165) is 40.8 Å². The highest BCUT2D eigenvalue weighted by molar-refractivity contribution is 7.17. The van der Waals surface area contributed by atoms with Gasteiger partial charge < -0.3 is 20.1 Å². The molecule has 1 aromatic heterocycles. The first kappa shape index (κ1) is 26.4. The van der Waals surface area contributed by atoms with Gasteiger partial charge in [0.15, 0.2) is 6.10 Å². The molecule has 0 fully saturated rings. The van der Waals surface area contributed by atoms with Gasteiger partial charge in [-0.3, -0.25) is 14.4 Å². The van der Waals surface area contributed by atoms with Crippen LogP contribution in [-0.4, -0.2) is 43.0 Å². The summed E-state index contributed by atoms with van der Waals surface area (Å²) >= 11 is 1.37. The van der Waals surface area contributed by atoms with Crippen LogP contribution in [0.5, 0.6) is 0 Å². The number of anilines is 1. The molecule has 3 rings (SSSR count). The fraction of sp³-hybridized carbons (Fsp3) is 0.462. The number of hydrogen-bond donors (Lipinski definition) is 2. The van der Waals surface area contributed by atoms with Crippen LogP contribution < -0.4 is 10.6 Å². The third-order valence-electron chi connectivity index (χ3n) is 5.78. The maximum absolute atomic E-state index is 12.8. The molecule has 1 aromatic carbocycles. The zero-order chi connectivity index (χ0) is 25.7. The molecule has 1 aliphatic rings. The molecule has 0 saturated heterocycles. The summed E-state index contributed by atoms with van der Waals surface area (Å²) in [5, 5.41) is 5.68. The second-order valence-corrected chi connectivity index (χ2v) is 10.1. The number of aryl methyl sites for hydroxylation is 2. The molecule has 2 amide bonds. The van der Waals surface area contributed by atoms with Crippen molar-refractivity contribution in [1.82, 2.24) is 5.32 Å². The molecular formula is C26H32N2O6S. The van der Waals surface area contributed by atoms with Crippen LogP contribution in [0.25, 0.3) is 0 Å². The third kappa shape index (κ3) is 6.69. The first-order chi connectivity index (χ1) is 16.6. The van der Waals surface area contributed by atoms with E-state index in [1.54, 1.807) is 19.1 Å². The predicted molar refractivity (Wildman–Crippen MR) is 134 cm³/mol. The first-order valence-corrected chi connectivity index (χ1v) is 12.6. The van der Waals surface area contributed by atoms with Crippen molar-refractivity contribution in [2.75, 3.05) is 18.5 Å². The number of carbonyl (C=O) groups excluding carboxylic acids is 4. The molecule has 2 atom stereocenters. The summed E-state index contributed by atoms with van der Waals surface area (Å²) in [5.41, 5.74) is 3.65. The van der Waals surface area contributed by atoms with E-state index in [0.29, 0.717) is 22.0 Å². The number of rotatable bonds is 8. The fourth-order valence-electron chi connectivity index (χ4n) is 4.12. The topological polar surface area (TPSA) is 111 Å². The molecule has 2 aromatic rings. The van der Waals surface area contributed by atoms with Gasteiger partial charge in [0.2, 0.25) is 0 Å².